The third-order valence-corrected chi connectivity index (χ3v) is 3.61. The predicted molar refractivity (Wildman–Crippen MR) is 82.1 cm³/mol. The molecule has 1 aliphatic rings. The summed E-state index contributed by atoms with van der Waals surface area (Å²) in [5.41, 5.74) is 3.17. The van der Waals surface area contributed by atoms with Gasteiger partial charge in [-0.3, -0.25) is 0 Å². The highest BCUT2D eigenvalue weighted by Crippen LogP contribution is 2.19. The van der Waals surface area contributed by atoms with E-state index in [1.54, 1.807) is 13.8 Å². The van der Waals surface area contributed by atoms with Gasteiger partial charge in [0.1, 0.15) is 6.26 Å². The van der Waals surface area contributed by atoms with Crippen LogP contribution in [0.5, 0.6) is 0 Å². The van der Waals surface area contributed by atoms with E-state index in [1.165, 1.54) is 17.0 Å². The van der Waals surface area contributed by atoms with Gasteiger partial charge in [0.05, 0.1) is 12.3 Å². The van der Waals surface area contributed by atoms with Gasteiger partial charge in [0.25, 0.3) is 6.29 Å². The van der Waals surface area contributed by atoms with E-state index in [0.717, 1.165) is 17.0 Å². The van der Waals surface area contributed by atoms with Crippen molar-refractivity contribution in [2.24, 2.45) is 0 Å². The van der Waals surface area contributed by atoms with Gasteiger partial charge in [-0.25, -0.2) is 14.3 Å². The molecule has 23 heavy (non-hydrogen) atoms. The van der Waals surface area contributed by atoms with E-state index in [2.05, 4.69) is 5.10 Å². The van der Waals surface area contributed by atoms with Gasteiger partial charge in [-0.2, -0.15) is 5.10 Å². The number of esters is 2. The summed E-state index contributed by atoms with van der Waals surface area (Å²) in [5.74, 6) is -1.01. The van der Waals surface area contributed by atoms with Crippen LogP contribution >= 0.6 is 0 Å². The topological polar surface area (TPSA) is 79.6 Å². The molecule has 7 nitrogen and oxygen atoms in total. The van der Waals surface area contributed by atoms with Gasteiger partial charge in [-0.1, -0.05) is 0 Å². The highest BCUT2D eigenvalue weighted by molar-refractivity contribution is 6.09. The van der Waals surface area contributed by atoms with Gasteiger partial charge in [0, 0.05) is 17.3 Å². The van der Waals surface area contributed by atoms with Crippen molar-refractivity contribution in [3.8, 4) is 0 Å². The van der Waals surface area contributed by atoms with Crippen LogP contribution in [0.15, 0.2) is 17.9 Å². The average molecular weight is 320 g/mol. The van der Waals surface area contributed by atoms with E-state index < -0.39 is 18.2 Å². The van der Waals surface area contributed by atoms with Crippen molar-refractivity contribution >= 4 is 17.6 Å². The van der Waals surface area contributed by atoms with Crippen LogP contribution < -0.4 is 0 Å². The highest BCUT2D eigenvalue weighted by Gasteiger charge is 2.24. The van der Waals surface area contributed by atoms with Crippen LogP contribution in [0.2, 0.25) is 0 Å². The molecule has 0 saturated heterocycles. The highest BCUT2D eigenvalue weighted by atomic mass is 16.7. The van der Waals surface area contributed by atoms with Crippen LogP contribution in [0.25, 0.3) is 5.70 Å². The number of hydrogen-bond acceptors (Lipinski definition) is 6. The molecule has 0 radical (unpaired) electrons. The standard InChI is InChI=1S/C16H20N2O5/c1-6-21-16(20)13(18-12(5)10(3)11(4)17-18)8-22-14-7-9(2)15(19)23-14/h7-8,14H,6H2,1-5H3/b13-8-. The summed E-state index contributed by atoms with van der Waals surface area (Å²) in [6, 6.07) is 0. The van der Waals surface area contributed by atoms with E-state index in [0.29, 0.717) is 5.57 Å². The molecule has 1 aromatic heterocycles. The first kappa shape index (κ1) is 16.8. The summed E-state index contributed by atoms with van der Waals surface area (Å²) >= 11 is 0. The molecule has 0 amide bonds. The summed E-state index contributed by atoms with van der Waals surface area (Å²) in [5, 5.41) is 4.33. The second-order valence-electron chi connectivity index (χ2n) is 5.19. The number of cyclic esters (lactones) is 1. The molecular formula is C16H20N2O5. The van der Waals surface area contributed by atoms with Gasteiger partial charge in [-0.15, -0.1) is 0 Å². The lowest BCUT2D eigenvalue weighted by atomic mass is 10.2. The molecule has 1 aliphatic heterocycles. The van der Waals surface area contributed by atoms with Crippen molar-refractivity contribution in [3.63, 3.8) is 0 Å². The molecule has 1 unspecified atom stereocenters. The normalized spacial score (nSPS) is 17.8. The minimum atomic E-state index is -0.856. The van der Waals surface area contributed by atoms with Gasteiger partial charge in [0.2, 0.25) is 0 Å². The largest absolute Gasteiger partial charge is 0.461 e. The fraction of sp³-hybridized carbons (Fsp3) is 0.438. The number of hydrogen-bond donors (Lipinski definition) is 0. The van der Waals surface area contributed by atoms with E-state index in [1.807, 2.05) is 20.8 Å². The van der Waals surface area contributed by atoms with Gasteiger partial charge in [0.15, 0.2) is 5.70 Å². The zero-order chi connectivity index (χ0) is 17.1. The SMILES string of the molecule is CCOC(=O)/C(=C/OC1C=C(C)C(=O)O1)n1nc(C)c(C)c1C. The number of carbonyl (C=O) groups is 2. The van der Waals surface area contributed by atoms with Crippen molar-refractivity contribution < 1.29 is 23.8 Å². The summed E-state index contributed by atoms with van der Waals surface area (Å²) in [7, 11) is 0. The first-order valence-electron chi connectivity index (χ1n) is 7.30. The summed E-state index contributed by atoms with van der Waals surface area (Å²) in [6.07, 6.45) is 1.89. The molecule has 0 aliphatic carbocycles. The fourth-order valence-electron chi connectivity index (χ4n) is 2.05. The van der Waals surface area contributed by atoms with Crippen LogP contribution in [0.3, 0.4) is 0 Å². The molecular weight excluding hydrogens is 300 g/mol. The minimum Gasteiger partial charge on any atom is -0.461 e. The van der Waals surface area contributed by atoms with Gasteiger partial charge >= 0.3 is 11.9 Å². The molecule has 1 aromatic rings. The van der Waals surface area contributed by atoms with Crippen LogP contribution in [0, 0.1) is 20.8 Å². The van der Waals surface area contributed by atoms with Gasteiger partial charge in [-0.05, 0) is 40.2 Å². The summed E-state index contributed by atoms with van der Waals surface area (Å²) in [6.45, 7) is 9.20. The second kappa shape index (κ2) is 6.68. The Balaban J connectivity index is 2.31. The lowest BCUT2D eigenvalue weighted by molar-refractivity contribution is -0.152. The lowest BCUT2D eigenvalue weighted by Crippen LogP contribution is -2.17. The quantitative estimate of drug-likeness (QED) is 0.469. The second-order valence-corrected chi connectivity index (χ2v) is 5.19. The Morgan fingerprint density at radius 1 is 1.39 bits per heavy atom. The average Bonchev–Trinajstić information content (AvgIpc) is 2.94. The van der Waals surface area contributed by atoms with Crippen molar-refractivity contribution in [2.45, 2.75) is 40.9 Å². The van der Waals surface area contributed by atoms with E-state index in [4.69, 9.17) is 14.2 Å². The zero-order valence-electron chi connectivity index (χ0n) is 13.9. The number of rotatable bonds is 5. The van der Waals surface area contributed by atoms with Crippen molar-refractivity contribution in [1.82, 2.24) is 9.78 Å². The van der Waals surface area contributed by atoms with E-state index >= 15 is 0 Å². The molecule has 2 rings (SSSR count). The maximum Gasteiger partial charge on any atom is 0.360 e. The number of nitrogens with zero attached hydrogens (tertiary/aromatic N) is 2. The van der Waals surface area contributed by atoms with Gasteiger partial charge < -0.3 is 14.2 Å². The van der Waals surface area contributed by atoms with Crippen LogP contribution in [0.1, 0.15) is 30.8 Å². The number of ether oxygens (including phenoxy) is 3. The smallest absolute Gasteiger partial charge is 0.360 e. The van der Waals surface area contributed by atoms with Crippen molar-refractivity contribution in [3.05, 3.63) is 34.9 Å². The zero-order valence-corrected chi connectivity index (χ0v) is 13.9. The minimum absolute atomic E-state index is 0.120. The Morgan fingerprint density at radius 2 is 2.09 bits per heavy atom. The summed E-state index contributed by atoms with van der Waals surface area (Å²) < 4.78 is 16.9. The molecule has 0 fully saturated rings. The predicted octanol–water partition coefficient (Wildman–Crippen LogP) is 2.02. The summed E-state index contributed by atoms with van der Waals surface area (Å²) in [4.78, 5) is 23.5. The Kier molecular flexibility index (Phi) is 4.88. The number of aromatic nitrogens is 2. The van der Waals surface area contributed by atoms with Crippen LogP contribution in [-0.2, 0) is 23.8 Å². The van der Waals surface area contributed by atoms with Crippen molar-refractivity contribution in [1.29, 1.82) is 0 Å². The molecule has 124 valence electrons. The monoisotopic (exact) mass is 320 g/mol. The number of carbonyl (C=O) groups excluding carboxylic acids is 2. The van der Waals surface area contributed by atoms with Crippen LogP contribution in [0.4, 0.5) is 0 Å². The molecule has 2 heterocycles. The molecule has 1 atom stereocenters. The first-order valence-corrected chi connectivity index (χ1v) is 7.30. The van der Waals surface area contributed by atoms with Crippen molar-refractivity contribution in [2.75, 3.05) is 6.61 Å². The Bertz CT molecular complexity index is 700. The molecule has 0 spiro atoms. The maximum atomic E-state index is 12.2. The molecule has 7 heteroatoms. The van der Waals surface area contributed by atoms with Crippen LogP contribution in [-0.4, -0.2) is 34.6 Å². The third-order valence-electron chi connectivity index (χ3n) is 3.61. The third kappa shape index (κ3) is 3.44. The Morgan fingerprint density at radius 3 is 2.57 bits per heavy atom. The maximum absolute atomic E-state index is 12.2. The van der Waals surface area contributed by atoms with E-state index in [9.17, 15) is 9.59 Å². The molecule has 0 bridgehead atoms. The molecule has 0 saturated carbocycles. The first-order chi connectivity index (χ1) is 10.8. The number of aryl methyl sites for hydroxylation is 1. The molecule has 0 N–H and O–H groups in total. The Labute approximate surface area is 134 Å². The lowest BCUT2D eigenvalue weighted by Gasteiger charge is -2.12. The Hall–Kier alpha value is -2.57. The fourth-order valence-corrected chi connectivity index (χ4v) is 2.05. The van der Waals surface area contributed by atoms with E-state index in [-0.39, 0.29) is 12.3 Å². The molecule has 0 aromatic carbocycles.